The lowest BCUT2D eigenvalue weighted by Gasteiger charge is -2.02. The van der Waals surface area contributed by atoms with Crippen LogP contribution in [-0.4, -0.2) is 4.92 Å². The largest absolute Gasteiger partial charge is 0.275 e. The highest BCUT2D eigenvalue weighted by atomic mass is 16.6. The van der Waals surface area contributed by atoms with Gasteiger partial charge in [-0.25, -0.2) is 0 Å². The van der Waals surface area contributed by atoms with Crippen LogP contribution in [0.25, 0.3) is 0 Å². The molecule has 0 N–H and O–H groups in total. The number of benzene rings is 1. The van der Waals surface area contributed by atoms with Crippen molar-refractivity contribution in [2.24, 2.45) is 0 Å². The van der Waals surface area contributed by atoms with Gasteiger partial charge >= 0.3 is 0 Å². The van der Waals surface area contributed by atoms with Crippen LogP contribution in [0.2, 0.25) is 0 Å². The third-order valence-corrected chi connectivity index (χ3v) is 1.93. The smallest absolute Gasteiger partial charge is 0.258 e. The lowest BCUT2D eigenvalue weighted by Crippen LogP contribution is -1.96. The molecule has 63 valence electrons. The molecule has 0 atom stereocenters. The molecular formula is C9H10NO2. The van der Waals surface area contributed by atoms with Gasteiger partial charge in [0.1, 0.15) is 0 Å². The van der Waals surface area contributed by atoms with Gasteiger partial charge < -0.3 is 0 Å². The van der Waals surface area contributed by atoms with Gasteiger partial charge in [-0.3, -0.25) is 10.1 Å². The van der Waals surface area contributed by atoms with Crippen LogP contribution in [0, 0.1) is 30.9 Å². The molecule has 1 radical (unpaired) electrons. The van der Waals surface area contributed by atoms with Crippen LogP contribution >= 0.6 is 0 Å². The molecule has 0 aliphatic rings. The Kier molecular flexibility index (Phi) is 2.13. The molecule has 12 heavy (non-hydrogen) atoms. The minimum Gasteiger partial charge on any atom is -0.258 e. The van der Waals surface area contributed by atoms with Crippen molar-refractivity contribution in [3.8, 4) is 0 Å². The number of hydrogen-bond acceptors (Lipinski definition) is 2. The normalized spacial score (nSPS) is 9.92. The summed E-state index contributed by atoms with van der Waals surface area (Å²) >= 11 is 0. The lowest BCUT2D eigenvalue weighted by atomic mass is 10.0. The molecule has 0 aliphatic carbocycles. The summed E-state index contributed by atoms with van der Waals surface area (Å²) in [5, 5.41) is 10.6. The first-order chi connectivity index (χ1) is 5.54. The average molecular weight is 164 g/mol. The van der Waals surface area contributed by atoms with Gasteiger partial charge in [0.05, 0.1) is 4.92 Å². The average Bonchev–Trinajstić information content (AvgIpc) is 1.97. The Labute approximate surface area is 71.2 Å². The van der Waals surface area contributed by atoms with Gasteiger partial charge in [-0.2, -0.15) is 0 Å². The molecule has 0 saturated carbocycles. The predicted octanol–water partition coefficient (Wildman–Crippen LogP) is 2.39. The predicted molar refractivity (Wildman–Crippen MR) is 47.0 cm³/mol. The van der Waals surface area contributed by atoms with Crippen LogP contribution in [0.15, 0.2) is 12.1 Å². The van der Waals surface area contributed by atoms with E-state index in [2.05, 4.69) is 6.92 Å². The van der Waals surface area contributed by atoms with Crippen molar-refractivity contribution in [3.05, 3.63) is 45.9 Å². The molecule has 3 nitrogen and oxygen atoms in total. The van der Waals surface area contributed by atoms with Crippen LogP contribution in [0.4, 0.5) is 5.69 Å². The molecule has 0 amide bonds. The van der Waals surface area contributed by atoms with Gasteiger partial charge in [-0.05, 0) is 26.3 Å². The zero-order valence-corrected chi connectivity index (χ0v) is 7.13. The van der Waals surface area contributed by atoms with Gasteiger partial charge in [0.25, 0.3) is 5.69 Å². The molecule has 0 aromatic heterocycles. The summed E-state index contributed by atoms with van der Waals surface area (Å²) in [4.78, 5) is 10.2. The molecule has 0 bridgehead atoms. The fraction of sp³-hybridized carbons (Fsp3) is 0.222. The van der Waals surface area contributed by atoms with Crippen LogP contribution in [0.3, 0.4) is 0 Å². The van der Waals surface area contributed by atoms with Crippen molar-refractivity contribution in [2.45, 2.75) is 13.8 Å². The van der Waals surface area contributed by atoms with E-state index < -0.39 is 0 Å². The minimum absolute atomic E-state index is 0.183. The van der Waals surface area contributed by atoms with Gasteiger partial charge in [0, 0.05) is 11.1 Å². The van der Waals surface area contributed by atoms with E-state index in [4.69, 9.17) is 0 Å². The Balaban J connectivity index is 3.43. The fourth-order valence-electron chi connectivity index (χ4n) is 1.16. The van der Waals surface area contributed by atoms with Gasteiger partial charge in [-0.15, -0.1) is 0 Å². The molecule has 0 fully saturated rings. The molecule has 3 heteroatoms. The van der Waals surface area contributed by atoms with Gasteiger partial charge in [-0.1, -0.05) is 12.1 Å². The summed E-state index contributed by atoms with van der Waals surface area (Å²) in [5.74, 6) is 0. The summed E-state index contributed by atoms with van der Waals surface area (Å²) < 4.78 is 0. The second kappa shape index (κ2) is 2.93. The van der Waals surface area contributed by atoms with Crippen molar-refractivity contribution in [1.82, 2.24) is 0 Å². The number of aryl methyl sites for hydroxylation is 1. The third kappa shape index (κ3) is 1.30. The maximum Gasteiger partial charge on any atom is 0.275 e. The van der Waals surface area contributed by atoms with Crippen molar-refractivity contribution in [2.75, 3.05) is 0 Å². The number of rotatable bonds is 1. The molecule has 1 aromatic rings. The van der Waals surface area contributed by atoms with E-state index in [1.165, 1.54) is 0 Å². The Morgan fingerprint density at radius 2 is 2.00 bits per heavy atom. The Morgan fingerprint density at radius 1 is 1.42 bits per heavy atom. The highest BCUT2D eigenvalue weighted by Gasteiger charge is 2.14. The quantitative estimate of drug-likeness (QED) is 0.472. The maximum atomic E-state index is 10.6. The summed E-state index contributed by atoms with van der Waals surface area (Å²) in [6.07, 6.45) is 0. The second-order valence-electron chi connectivity index (χ2n) is 2.77. The maximum absolute atomic E-state index is 10.6. The molecule has 1 aromatic carbocycles. The summed E-state index contributed by atoms with van der Waals surface area (Å²) in [7, 11) is 0. The van der Waals surface area contributed by atoms with E-state index in [-0.39, 0.29) is 10.6 Å². The zero-order valence-electron chi connectivity index (χ0n) is 7.13. The first-order valence-electron chi connectivity index (χ1n) is 3.60. The topological polar surface area (TPSA) is 43.1 Å². The molecule has 0 saturated heterocycles. The molecule has 0 heterocycles. The van der Waals surface area contributed by atoms with E-state index in [9.17, 15) is 10.1 Å². The van der Waals surface area contributed by atoms with Crippen LogP contribution in [0.1, 0.15) is 16.7 Å². The Hall–Kier alpha value is -1.38. The van der Waals surface area contributed by atoms with Gasteiger partial charge in [0.2, 0.25) is 0 Å². The number of nitrogens with zero attached hydrogens (tertiary/aromatic N) is 1. The number of nitro groups is 1. The third-order valence-electron chi connectivity index (χ3n) is 1.93. The minimum atomic E-state index is -0.362. The monoisotopic (exact) mass is 164 g/mol. The van der Waals surface area contributed by atoms with Crippen LogP contribution in [0.5, 0.6) is 0 Å². The van der Waals surface area contributed by atoms with E-state index in [1.54, 1.807) is 26.0 Å². The lowest BCUT2D eigenvalue weighted by molar-refractivity contribution is -0.386. The number of hydrogen-bond donors (Lipinski definition) is 0. The number of nitro benzene ring substituents is 1. The first-order valence-corrected chi connectivity index (χ1v) is 3.60. The summed E-state index contributed by atoms with van der Waals surface area (Å²) in [5.41, 5.74) is 2.24. The second-order valence-corrected chi connectivity index (χ2v) is 2.77. The molecule has 0 aliphatic heterocycles. The van der Waals surface area contributed by atoms with E-state index in [1.807, 2.05) is 0 Å². The Morgan fingerprint density at radius 3 is 2.42 bits per heavy atom. The van der Waals surface area contributed by atoms with Crippen LogP contribution < -0.4 is 0 Å². The van der Waals surface area contributed by atoms with Gasteiger partial charge in [0.15, 0.2) is 0 Å². The highest BCUT2D eigenvalue weighted by Crippen LogP contribution is 2.24. The van der Waals surface area contributed by atoms with E-state index >= 15 is 0 Å². The first kappa shape index (κ1) is 8.71. The Bertz CT molecular complexity index is 332. The van der Waals surface area contributed by atoms with E-state index in [0.29, 0.717) is 16.7 Å². The standard InChI is InChI=1S/C9H10NO2/c1-6-4-5-7(2)9(8(6)3)10(11)12/h4-5H,1H2,2-3H3. The SMILES string of the molecule is [CH2]c1ccc(C)c([N+](=O)[O-])c1C. The van der Waals surface area contributed by atoms with Crippen molar-refractivity contribution in [1.29, 1.82) is 0 Å². The molecule has 0 spiro atoms. The van der Waals surface area contributed by atoms with Crippen LogP contribution in [-0.2, 0) is 0 Å². The highest BCUT2D eigenvalue weighted by molar-refractivity contribution is 5.51. The van der Waals surface area contributed by atoms with Crippen molar-refractivity contribution < 1.29 is 4.92 Å². The van der Waals surface area contributed by atoms with Crippen molar-refractivity contribution in [3.63, 3.8) is 0 Å². The van der Waals surface area contributed by atoms with Crippen molar-refractivity contribution >= 4 is 5.69 Å². The molecule has 1 rings (SSSR count). The fourth-order valence-corrected chi connectivity index (χ4v) is 1.16. The molecule has 0 unspecified atom stereocenters. The van der Waals surface area contributed by atoms with E-state index in [0.717, 1.165) is 0 Å². The zero-order chi connectivity index (χ0) is 9.30. The summed E-state index contributed by atoms with van der Waals surface area (Å²) in [6.45, 7) is 7.14. The molecular weight excluding hydrogens is 154 g/mol. The summed E-state index contributed by atoms with van der Waals surface area (Å²) in [6, 6.07) is 3.51.